The molecule has 2 aromatic carbocycles. The molecule has 1 saturated heterocycles. The van der Waals surface area contributed by atoms with Gasteiger partial charge in [0, 0.05) is 18.0 Å². The number of rotatable bonds is 5. The van der Waals surface area contributed by atoms with E-state index in [1.54, 1.807) is 14.2 Å². The Morgan fingerprint density at radius 2 is 1.44 bits per heavy atom. The van der Waals surface area contributed by atoms with E-state index in [1.807, 2.05) is 24.3 Å². The predicted molar refractivity (Wildman–Crippen MR) is 99.0 cm³/mol. The Hall–Kier alpha value is -2.04. The van der Waals surface area contributed by atoms with Gasteiger partial charge in [-0.2, -0.15) is 0 Å². The number of nitrogens with one attached hydrogen (secondary N) is 1. The van der Waals surface area contributed by atoms with Crippen molar-refractivity contribution in [3.63, 3.8) is 0 Å². The molecule has 25 heavy (non-hydrogen) atoms. The lowest BCUT2D eigenvalue weighted by Crippen LogP contribution is -2.44. The summed E-state index contributed by atoms with van der Waals surface area (Å²) in [7, 11) is 3.34. The van der Waals surface area contributed by atoms with Gasteiger partial charge in [-0.1, -0.05) is 31.2 Å². The van der Waals surface area contributed by atoms with Crippen LogP contribution in [0, 0.1) is 5.92 Å². The molecule has 2 aromatic rings. The van der Waals surface area contributed by atoms with Crippen molar-refractivity contribution in [3.8, 4) is 11.5 Å². The Morgan fingerprint density at radius 3 is 1.92 bits per heavy atom. The molecule has 2 N–H and O–H groups in total. The monoisotopic (exact) mass is 341 g/mol. The second-order valence-corrected chi connectivity index (χ2v) is 6.62. The molecule has 0 unspecified atom stereocenters. The van der Waals surface area contributed by atoms with Crippen LogP contribution < -0.4 is 14.8 Å². The van der Waals surface area contributed by atoms with Gasteiger partial charge in [0.15, 0.2) is 0 Å². The second kappa shape index (κ2) is 7.89. The molecular formula is C21H27NO3. The van der Waals surface area contributed by atoms with Crippen LogP contribution >= 0.6 is 0 Å². The summed E-state index contributed by atoms with van der Waals surface area (Å²) in [4.78, 5) is 0. The molecule has 1 heterocycles. The van der Waals surface area contributed by atoms with Crippen molar-refractivity contribution in [1.29, 1.82) is 0 Å². The number of piperidine rings is 1. The zero-order chi connectivity index (χ0) is 17.8. The molecule has 3 rings (SSSR count). The Kier molecular flexibility index (Phi) is 5.61. The van der Waals surface area contributed by atoms with Crippen molar-refractivity contribution in [2.45, 2.75) is 38.0 Å². The summed E-state index contributed by atoms with van der Waals surface area (Å²) in [6.07, 6.45) is 1.32. The highest BCUT2D eigenvalue weighted by atomic mass is 16.5. The summed E-state index contributed by atoms with van der Waals surface area (Å²) in [5.41, 5.74) is 2.36. The third-order valence-electron chi connectivity index (χ3n) is 5.24. The Labute approximate surface area is 149 Å². The van der Waals surface area contributed by atoms with E-state index in [4.69, 9.17) is 9.47 Å². The number of aliphatic hydroxyl groups is 1. The zero-order valence-corrected chi connectivity index (χ0v) is 15.1. The quantitative estimate of drug-likeness (QED) is 0.867. The van der Waals surface area contributed by atoms with E-state index >= 15 is 0 Å². The molecule has 4 heteroatoms. The number of hydrogen-bond donors (Lipinski definition) is 2. The van der Waals surface area contributed by atoms with Crippen molar-refractivity contribution in [2.75, 3.05) is 14.2 Å². The van der Waals surface area contributed by atoms with Crippen LogP contribution in [0.2, 0.25) is 0 Å². The fraction of sp³-hybridized carbons (Fsp3) is 0.429. The van der Waals surface area contributed by atoms with Crippen LogP contribution in [0.5, 0.6) is 11.5 Å². The third kappa shape index (κ3) is 3.80. The molecule has 0 bridgehead atoms. The summed E-state index contributed by atoms with van der Waals surface area (Å²) in [5, 5.41) is 14.5. The van der Waals surface area contributed by atoms with Gasteiger partial charge in [0.05, 0.1) is 20.3 Å². The lowest BCUT2D eigenvalue weighted by Gasteiger charge is -2.41. The van der Waals surface area contributed by atoms with Gasteiger partial charge in [0.1, 0.15) is 11.5 Å². The van der Waals surface area contributed by atoms with Gasteiger partial charge < -0.3 is 19.9 Å². The molecule has 0 saturated carbocycles. The number of methoxy groups -OCH3 is 2. The minimum absolute atomic E-state index is 0.117. The largest absolute Gasteiger partial charge is 0.497 e. The molecule has 0 aromatic heterocycles. The van der Waals surface area contributed by atoms with Crippen LogP contribution in [-0.2, 0) is 0 Å². The Morgan fingerprint density at radius 1 is 0.920 bits per heavy atom. The van der Waals surface area contributed by atoms with Gasteiger partial charge >= 0.3 is 0 Å². The van der Waals surface area contributed by atoms with E-state index in [0.29, 0.717) is 0 Å². The van der Waals surface area contributed by atoms with Crippen LogP contribution in [0.25, 0.3) is 0 Å². The van der Waals surface area contributed by atoms with E-state index in [9.17, 15) is 5.11 Å². The predicted octanol–water partition coefficient (Wildman–Crippen LogP) is 3.87. The van der Waals surface area contributed by atoms with Crippen LogP contribution in [0.4, 0.5) is 0 Å². The molecule has 0 spiro atoms. The fourth-order valence-corrected chi connectivity index (χ4v) is 3.78. The van der Waals surface area contributed by atoms with E-state index < -0.39 is 0 Å². The van der Waals surface area contributed by atoms with Gasteiger partial charge in [-0.15, -0.1) is 0 Å². The summed E-state index contributed by atoms with van der Waals surface area (Å²) >= 11 is 0. The van der Waals surface area contributed by atoms with Crippen molar-refractivity contribution >= 4 is 0 Å². The Bertz CT molecular complexity index is 669. The highest BCUT2D eigenvalue weighted by molar-refractivity contribution is 5.33. The summed E-state index contributed by atoms with van der Waals surface area (Å²) in [6, 6.07) is 16.4. The molecule has 4 nitrogen and oxygen atoms in total. The first-order valence-corrected chi connectivity index (χ1v) is 8.88. The van der Waals surface area contributed by atoms with Crippen LogP contribution in [-0.4, -0.2) is 25.4 Å². The molecule has 134 valence electrons. The van der Waals surface area contributed by atoms with Crippen molar-refractivity contribution in [2.24, 2.45) is 5.92 Å². The van der Waals surface area contributed by atoms with Crippen molar-refractivity contribution in [3.05, 3.63) is 59.7 Å². The Balaban J connectivity index is 1.85. The average molecular weight is 341 g/mol. The number of hydrogen-bond acceptors (Lipinski definition) is 4. The van der Waals surface area contributed by atoms with E-state index in [-0.39, 0.29) is 24.1 Å². The summed E-state index contributed by atoms with van der Waals surface area (Å²) in [6.45, 7) is 2.14. The lowest BCUT2D eigenvalue weighted by molar-refractivity contribution is 0.0290. The normalized spacial score (nSPS) is 26.2. The minimum Gasteiger partial charge on any atom is -0.497 e. The van der Waals surface area contributed by atoms with Gasteiger partial charge in [-0.3, -0.25) is 0 Å². The van der Waals surface area contributed by atoms with E-state index in [1.165, 1.54) is 11.1 Å². The number of ether oxygens (including phenoxy) is 2. The standard InChI is InChI=1S/C21H27NO3/c1-4-18-20(23)13-19(14-5-9-16(24-2)10-6-14)22-21(18)15-7-11-17(25-3)12-8-15/h5-12,18-23H,4,13H2,1-3H3/t18-,19+,20-,21-/m1/s1. The number of benzene rings is 2. The van der Waals surface area contributed by atoms with Crippen LogP contribution in [0.15, 0.2) is 48.5 Å². The summed E-state index contributed by atoms with van der Waals surface area (Å²) in [5.74, 6) is 1.89. The number of aliphatic hydroxyl groups excluding tert-OH is 1. The van der Waals surface area contributed by atoms with Gasteiger partial charge in [-0.05, 0) is 48.2 Å². The van der Waals surface area contributed by atoms with E-state index in [2.05, 4.69) is 36.5 Å². The first-order valence-electron chi connectivity index (χ1n) is 8.88. The molecule has 0 aliphatic carbocycles. The molecule has 0 amide bonds. The SMILES string of the molecule is CC[C@@H]1[C@H](O)C[C@@H](c2ccc(OC)cc2)N[C@@H]1c1ccc(OC)cc1. The zero-order valence-electron chi connectivity index (χ0n) is 15.1. The highest BCUT2D eigenvalue weighted by Gasteiger charge is 2.36. The maximum absolute atomic E-state index is 10.7. The van der Waals surface area contributed by atoms with Gasteiger partial charge in [-0.25, -0.2) is 0 Å². The molecule has 1 aliphatic rings. The highest BCUT2D eigenvalue weighted by Crippen LogP contribution is 2.39. The first-order chi connectivity index (χ1) is 12.2. The topological polar surface area (TPSA) is 50.7 Å². The van der Waals surface area contributed by atoms with E-state index in [0.717, 1.165) is 24.3 Å². The fourth-order valence-electron chi connectivity index (χ4n) is 3.78. The molecule has 0 radical (unpaired) electrons. The average Bonchev–Trinajstić information content (AvgIpc) is 2.67. The van der Waals surface area contributed by atoms with Crippen molar-refractivity contribution < 1.29 is 14.6 Å². The van der Waals surface area contributed by atoms with Crippen LogP contribution in [0.3, 0.4) is 0 Å². The molecule has 1 fully saturated rings. The third-order valence-corrected chi connectivity index (χ3v) is 5.24. The molecule has 4 atom stereocenters. The maximum Gasteiger partial charge on any atom is 0.118 e. The van der Waals surface area contributed by atoms with Crippen molar-refractivity contribution in [1.82, 2.24) is 5.32 Å². The lowest BCUT2D eigenvalue weighted by atomic mass is 9.78. The molecular weight excluding hydrogens is 314 g/mol. The van der Waals surface area contributed by atoms with Gasteiger partial charge in [0.2, 0.25) is 0 Å². The van der Waals surface area contributed by atoms with Gasteiger partial charge in [0.25, 0.3) is 0 Å². The van der Waals surface area contributed by atoms with Crippen LogP contribution in [0.1, 0.15) is 43.0 Å². The minimum atomic E-state index is -0.328. The smallest absolute Gasteiger partial charge is 0.118 e. The first kappa shape index (κ1) is 17.8. The maximum atomic E-state index is 10.7. The molecule has 1 aliphatic heterocycles. The second-order valence-electron chi connectivity index (χ2n) is 6.62. The summed E-state index contributed by atoms with van der Waals surface area (Å²) < 4.78 is 10.5.